The molecule has 2 rings (SSSR count). The third-order valence-corrected chi connectivity index (χ3v) is 2.41. The average molecular weight is 282 g/mol. The monoisotopic (exact) mass is 281 g/mol. The van der Waals surface area contributed by atoms with Crippen LogP contribution in [0.2, 0.25) is 5.02 Å². The lowest BCUT2D eigenvalue weighted by atomic mass is 10.3. The smallest absolute Gasteiger partial charge is 0.395 e. The molecule has 1 amide bonds. The molecule has 0 spiro atoms. The van der Waals surface area contributed by atoms with E-state index in [4.69, 9.17) is 16.0 Å². The van der Waals surface area contributed by atoms with Crippen LogP contribution < -0.4 is 10.9 Å². The van der Waals surface area contributed by atoms with Crippen molar-refractivity contribution in [1.29, 1.82) is 0 Å². The Labute approximate surface area is 112 Å². The maximum absolute atomic E-state index is 11.6. The van der Waals surface area contributed by atoms with E-state index in [0.717, 1.165) is 6.07 Å². The van der Waals surface area contributed by atoms with E-state index in [9.17, 15) is 14.9 Å². The molecule has 0 bridgehead atoms. The number of nitrogens with zero attached hydrogens (tertiary/aromatic N) is 1. The van der Waals surface area contributed by atoms with Crippen molar-refractivity contribution in [3.05, 3.63) is 57.3 Å². The van der Waals surface area contributed by atoms with Gasteiger partial charge in [-0.3, -0.25) is 25.8 Å². The fraction of sp³-hybridized carbons (Fsp3) is 0. The van der Waals surface area contributed by atoms with Crippen molar-refractivity contribution in [1.82, 2.24) is 5.43 Å². The number of nitrogens with one attached hydrogen (secondary N) is 2. The largest absolute Gasteiger partial charge is 0.433 e. The molecule has 0 aliphatic rings. The van der Waals surface area contributed by atoms with Crippen molar-refractivity contribution in [2.75, 3.05) is 5.43 Å². The van der Waals surface area contributed by atoms with Gasteiger partial charge in [0.2, 0.25) is 5.76 Å². The number of nitro groups is 1. The van der Waals surface area contributed by atoms with E-state index in [1.165, 1.54) is 6.07 Å². The van der Waals surface area contributed by atoms with Gasteiger partial charge in [-0.1, -0.05) is 11.6 Å². The molecule has 1 aromatic carbocycles. The van der Waals surface area contributed by atoms with Crippen LogP contribution in [0.15, 0.2) is 40.8 Å². The summed E-state index contributed by atoms with van der Waals surface area (Å²) in [5.74, 6) is -1.27. The number of benzene rings is 1. The molecule has 0 aliphatic carbocycles. The average Bonchev–Trinajstić information content (AvgIpc) is 2.87. The quantitative estimate of drug-likeness (QED) is 0.663. The first-order valence-electron chi connectivity index (χ1n) is 5.12. The lowest BCUT2D eigenvalue weighted by molar-refractivity contribution is -0.402. The number of carbonyl (C=O) groups excluding carboxylic acids is 1. The highest BCUT2D eigenvalue weighted by Gasteiger charge is 2.16. The van der Waals surface area contributed by atoms with Gasteiger partial charge in [0.05, 0.1) is 11.8 Å². The Bertz CT molecular complexity index is 609. The Kier molecular flexibility index (Phi) is 3.67. The summed E-state index contributed by atoms with van der Waals surface area (Å²) < 4.78 is 4.74. The second-order valence-corrected chi connectivity index (χ2v) is 3.92. The van der Waals surface area contributed by atoms with Gasteiger partial charge in [-0.2, -0.15) is 0 Å². The van der Waals surface area contributed by atoms with Crippen LogP contribution in [0.3, 0.4) is 0 Å². The van der Waals surface area contributed by atoms with Crippen molar-refractivity contribution in [3.63, 3.8) is 0 Å². The molecule has 1 aromatic heterocycles. The summed E-state index contributed by atoms with van der Waals surface area (Å²) >= 11 is 5.71. The van der Waals surface area contributed by atoms with Crippen molar-refractivity contribution in [2.24, 2.45) is 0 Å². The Morgan fingerprint density at radius 1 is 1.21 bits per heavy atom. The Balaban J connectivity index is 1.97. The summed E-state index contributed by atoms with van der Waals surface area (Å²) in [5.41, 5.74) is 5.57. The fourth-order valence-electron chi connectivity index (χ4n) is 1.27. The van der Waals surface area contributed by atoms with Crippen LogP contribution in [0.4, 0.5) is 11.6 Å². The second-order valence-electron chi connectivity index (χ2n) is 3.48. The molecule has 1 heterocycles. The Hall–Kier alpha value is -2.54. The molecule has 19 heavy (non-hydrogen) atoms. The number of anilines is 1. The molecule has 7 nitrogen and oxygen atoms in total. The van der Waals surface area contributed by atoms with E-state index in [1.54, 1.807) is 24.3 Å². The molecule has 0 saturated heterocycles. The summed E-state index contributed by atoms with van der Waals surface area (Å²) in [7, 11) is 0. The number of hydrogen-bond acceptors (Lipinski definition) is 5. The molecule has 2 aromatic rings. The highest BCUT2D eigenvalue weighted by molar-refractivity contribution is 6.30. The van der Waals surface area contributed by atoms with Gasteiger partial charge in [0, 0.05) is 5.02 Å². The van der Waals surface area contributed by atoms with Crippen molar-refractivity contribution in [3.8, 4) is 0 Å². The minimum atomic E-state index is -0.719. The molecule has 2 N–H and O–H groups in total. The lowest BCUT2D eigenvalue weighted by Gasteiger charge is -2.06. The molecule has 0 unspecified atom stereocenters. The van der Waals surface area contributed by atoms with Gasteiger partial charge in [0.15, 0.2) is 0 Å². The van der Waals surface area contributed by atoms with Crippen LogP contribution in [0.1, 0.15) is 10.6 Å². The number of hydrogen-bond donors (Lipinski definition) is 2. The standard InChI is InChI=1S/C11H8ClN3O4/c12-7-1-3-8(4-2-7)13-14-11(16)9-5-6-10(19-9)15(17)18/h1-6,13H,(H,14,16). The number of amides is 1. The van der Waals surface area contributed by atoms with Crippen LogP contribution in [0.5, 0.6) is 0 Å². The number of rotatable bonds is 4. The van der Waals surface area contributed by atoms with E-state index in [2.05, 4.69) is 10.9 Å². The predicted octanol–water partition coefficient (Wildman–Crippen LogP) is 2.60. The summed E-state index contributed by atoms with van der Waals surface area (Å²) in [6.45, 7) is 0. The molecule has 98 valence electrons. The molecule has 8 heteroatoms. The zero-order valence-electron chi connectivity index (χ0n) is 9.42. The molecule has 0 radical (unpaired) electrons. The van der Waals surface area contributed by atoms with Gasteiger partial charge in [-0.15, -0.1) is 0 Å². The van der Waals surface area contributed by atoms with Crippen LogP contribution >= 0.6 is 11.6 Å². The van der Waals surface area contributed by atoms with Crippen LogP contribution in [-0.2, 0) is 0 Å². The number of carbonyl (C=O) groups is 1. The molecule has 0 saturated carbocycles. The summed E-state index contributed by atoms with van der Waals surface area (Å²) in [4.78, 5) is 21.3. The normalized spacial score (nSPS) is 9.95. The first kappa shape index (κ1) is 12.9. The van der Waals surface area contributed by atoms with Gasteiger partial charge in [-0.05, 0) is 30.3 Å². The number of hydrazine groups is 1. The summed E-state index contributed by atoms with van der Waals surface area (Å²) in [6.07, 6.45) is 0. The molecule has 0 atom stereocenters. The predicted molar refractivity (Wildman–Crippen MR) is 67.9 cm³/mol. The first-order valence-corrected chi connectivity index (χ1v) is 5.50. The van der Waals surface area contributed by atoms with Crippen LogP contribution in [0, 0.1) is 10.1 Å². The molecular formula is C11H8ClN3O4. The zero-order valence-corrected chi connectivity index (χ0v) is 10.2. The van der Waals surface area contributed by atoms with Crippen molar-refractivity contribution >= 4 is 29.1 Å². The zero-order chi connectivity index (χ0) is 13.8. The highest BCUT2D eigenvalue weighted by Crippen LogP contribution is 2.16. The van der Waals surface area contributed by atoms with E-state index >= 15 is 0 Å². The van der Waals surface area contributed by atoms with Crippen molar-refractivity contribution in [2.45, 2.75) is 0 Å². The minimum Gasteiger partial charge on any atom is -0.395 e. The number of furan rings is 1. The maximum atomic E-state index is 11.6. The number of halogens is 1. The van der Waals surface area contributed by atoms with Crippen LogP contribution in [-0.4, -0.2) is 10.8 Å². The minimum absolute atomic E-state index is 0.159. The van der Waals surface area contributed by atoms with Gasteiger partial charge in [0.25, 0.3) is 0 Å². The third kappa shape index (κ3) is 3.23. The SMILES string of the molecule is O=C(NNc1ccc(Cl)cc1)c1ccc([N+](=O)[O-])o1. The Morgan fingerprint density at radius 2 is 1.89 bits per heavy atom. The Morgan fingerprint density at radius 3 is 2.47 bits per heavy atom. The van der Waals surface area contributed by atoms with Gasteiger partial charge < -0.3 is 4.42 Å². The van der Waals surface area contributed by atoms with Crippen molar-refractivity contribution < 1.29 is 14.1 Å². The van der Waals surface area contributed by atoms with E-state index in [-0.39, 0.29) is 5.76 Å². The van der Waals surface area contributed by atoms with E-state index in [1.807, 2.05) is 0 Å². The summed E-state index contributed by atoms with van der Waals surface area (Å²) in [6, 6.07) is 8.94. The fourth-order valence-corrected chi connectivity index (χ4v) is 1.40. The van der Waals surface area contributed by atoms with Gasteiger partial charge >= 0.3 is 11.8 Å². The first-order chi connectivity index (χ1) is 9.06. The highest BCUT2D eigenvalue weighted by atomic mass is 35.5. The van der Waals surface area contributed by atoms with Gasteiger partial charge in [-0.25, -0.2) is 0 Å². The topological polar surface area (TPSA) is 97.4 Å². The van der Waals surface area contributed by atoms with Gasteiger partial charge in [0.1, 0.15) is 4.92 Å². The van der Waals surface area contributed by atoms with E-state index < -0.39 is 16.7 Å². The molecule has 0 aliphatic heterocycles. The maximum Gasteiger partial charge on any atom is 0.433 e. The van der Waals surface area contributed by atoms with E-state index in [0.29, 0.717) is 10.7 Å². The molecular weight excluding hydrogens is 274 g/mol. The second kappa shape index (κ2) is 5.40. The lowest BCUT2D eigenvalue weighted by Crippen LogP contribution is -2.28. The third-order valence-electron chi connectivity index (χ3n) is 2.16. The molecule has 0 fully saturated rings. The van der Waals surface area contributed by atoms with Crippen LogP contribution in [0.25, 0.3) is 0 Å². The summed E-state index contributed by atoms with van der Waals surface area (Å²) in [5, 5.41) is 11.0.